The second kappa shape index (κ2) is 27.0. The van der Waals surface area contributed by atoms with Gasteiger partial charge in [0.15, 0.2) is 5.75 Å². The number of carboxylic acid groups (broad SMARTS) is 1. The quantitative estimate of drug-likeness (QED) is 0.0519. The van der Waals surface area contributed by atoms with Gasteiger partial charge in [-0.15, -0.1) is 0 Å². The Bertz CT molecular complexity index is 2680. The number of phenols is 1. The van der Waals surface area contributed by atoms with Crippen LogP contribution in [0.2, 0.25) is 0 Å². The highest BCUT2D eigenvalue weighted by Crippen LogP contribution is 2.28. The fourth-order valence-electron chi connectivity index (χ4n) is 7.47. The number of hydrogen-bond donors (Lipinski definition) is 13. The molecule has 15 N–H and O–H groups in total. The summed E-state index contributed by atoms with van der Waals surface area (Å²) in [4.78, 5) is 157. The lowest BCUT2D eigenvalue weighted by molar-refractivity contribution is -0.385. The highest BCUT2D eigenvalue weighted by molar-refractivity contribution is 8.76. The molecule has 2 heterocycles. The molecule has 0 unspecified atom stereocenters. The average Bonchev–Trinajstić information content (AvgIpc) is 3.76. The summed E-state index contributed by atoms with van der Waals surface area (Å²) >= 11 is 0. The van der Waals surface area contributed by atoms with Crippen LogP contribution in [0.4, 0.5) is 16.2 Å². The number of carbonyl (C=O) groups is 11. The van der Waals surface area contributed by atoms with Crippen LogP contribution in [0.1, 0.15) is 24.8 Å². The number of aliphatic hydroxyl groups excluding tert-OH is 1. The summed E-state index contributed by atoms with van der Waals surface area (Å²) in [5, 5.41) is 60.4. The predicted octanol–water partition coefficient (Wildman–Crippen LogP) is -2.94. The van der Waals surface area contributed by atoms with Gasteiger partial charge in [-0.05, 0) is 34.9 Å². The summed E-state index contributed by atoms with van der Waals surface area (Å²) in [6.07, 6.45) is -4.11. The maximum Gasteiger partial charge on any atom is 0.319 e. The van der Waals surface area contributed by atoms with Gasteiger partial charge >= 0.3 is 17.7 Å². The third kappa shape index (κ3) is 17.3. The van der Waals surface area contributed by atoms with Gasteiger partial charge in [-0.3, -0.25) is 58.1 Å². The molecule has 400 valence electrons. The zero-order chi connectivity index (χ0) is 54.9. The first kappa shape index (κ1) is 57.4. The van der Waals surface area contributed by atoms with E-state index in [0.717, 1.165) is 49.7 Å². The fourth-order valence-corrected chi connectivity index (χ4v) is 9.81. The molecule has 7 atom stereocenters. The lowest BCUT2D eigenvalue weighted by Crippen LogP contribution is -2.58. The number of aliphatic hydroxyl groups is 1. The lowest BCUT2D eigenvalue weighted by Gasteiger charge is -2.27. The van der Waals surface area contributed by atoms with Crippen LogP contribution >= 0.6 is 21.6 Å². The number of carbonyl (C=O) groups excluding carboxylic acids is 10. The third-order valence-corrected chi connectivity index (χ3v) is 13.6. The molecule has 2 fully saturated rings. The highest BCUT2D eigenvalue weighted by atomic mass is 33.1. The van der Waals surface area contributed by atoms with Crippen LogP contribution in [0.25, 0.3) is 11.1 Å². The van der Waals surface area contributed by atoms with Crippen molar-refractivity contribution in [2.45, 2.75) is 68.0 Å². The van der Waals surface area contributed by atoms with Gasteiger partial charge in [0, 0.05) is 42.6 Å². The average molecular weight is 1080 g/mol. The lowest BCUT2D eigenvalue weighted by atomic mass is 10.0. The van der Waals surface area contributed by atoms with Gasteiger partial charge in [0.25, 0.3) is 0 Å². The SMILES string of the molecule is NC(=O)C[C@@H]1NC(=O)[C@@H]2C[C@@H](O)CN2C(=O)CNC(=O)[C@H](Cc2ccc(O)c([N+](=O)[O-])c2)NC(=O)CNC(=O)[C@@H](CC(=O)O)NC(=O)[C@H](NC(=O)Nc2ccc(-c3ccccc3)cc2)CSSC[C@H](C(N)=O)NC1=O. The van der Waals surface area contributed by atoms with Crippen molar-refractivity contribution in [2.24, 2.45) is 11.5 Å². The molecule has 0 aliphatic carbocycles. The number of rotatable bonds is 11. The summed E-state index contributed by atoms with van der Waals surface area (Å²) in [6, 6.07) is 8.01. The smallest absolute Gasteiger partial charge is 0.319 e. The molecule has 2 saturated heterocycles. The summed E-state index contributed by atoms with van der Waals surface area (Å²) in [5.74, 6) is -12.9. The number of hydrogen-bond acceptors (Lipinski definition) is 17. The van der Waals surface area contributed by atoms with Crippen LogP contribution in [0.3, 0.4) is 0 Å². The topological polar surface area (TPSA) is 443 Å². The van der Waals surface area contributed by atoms with Gasteiger partial charge in [0.05, 0.1) is 37.0 Å². The van der Waals surface area contributed by atoms with E-state index in [9.17, 15) is 78.2 Å². The van der Waals surface area contributed by atoms with Crippen molar-refractivity contribution in [1.82, 2.24) is 42.1 Å². The Balaban J connectivity index is 1.44. The molecule has 28 nitrogen and oxygen atoms in total. The highest BCUT2D eigenvalue weighted by Gasteiger charge is 2.41. The minimum absolute atomic E-state index is 0.00434. The van der Waals surface area contributed by atoms with E-state index in [-0.39, 0.29) is 29.2 Å². The van der Waals surface area contributed by atoms with Crippen molar-refractivity contribution in [3.05, 3.63) is 88.5 Å². The molecule has 0 aromatic heterocycles. The molecule has 5 rings (SSSR count). The minimum atomic E-state index is -1.91. The number of phenolic OH excluding ortho intramolecular Hbond substituents is 1. The van der Waals surface area contributed by atoms with Crippen LogP contribution < -0.4 is 54.0 Å². The van der Waals surface area contributed by atoms with Crippen molar-refractivity contribution in [3.8, 4) is 16.9 Å². The number of fused-ring (bicyclic) bond motifs is 1. The van der Waals surface area contributed by atoms with E-state index >= 15 is 0 Å². The Morgan fingerprint density at radius 1 is 0.747 bits per heavy atom. The van der Waals surface area contributed by atoms with Gasteiger partial charge in [-0.1, -0.05) is 70.1 Å². The molecule has 0 spiro atoms. The number of primary amides is 2. The number of benzene rings is 3. The van der Waals surface area contributed by atoms with Gasteiger partial charge in [-0.2, -0.15) is 0 Å². The maximum absolute atomic E-state index is 13.9. The monoisotopic (exact) mass is 1080 g/mol. The number of nitrogens with two attached hydrogens (primary N) is 2. The first-order chi connectivity index (χ1) is 35.6. The van der Waals surface area contributed by atoms with Crippen LogP contribution in [-0.2, 0) is 54.4 Å². The first-order valence-electron chi connectivity index (χ1n) is 22.5. The maximum atomic E-state index is 13.9. The van der Waals surface area contributed by atoms with E-state index < -0.39 is 163 Å². The largest absolute Gasteiger partial charge is 0.502 e. The number of carboxylic acids is 1. The van der Waals surface area contributed by atoms with Crippen LogP contribution in [0, 0.1) is 10.1 Å². The Morgan fingerprint density at radius 2 is 1.37 bits per heavy atom. The Hall–Kier alpha value is -8.51. The van der Waals surface area contributed by atoms with Crippen molar-refractivity contribution in [3.63, 3.8) is 0 Å². The van der Waals surface area contributed by atoms with E-state index in [1.807, 2.05) is 30.3 Å². The number of amides is 11. The van der Waals surface area contributed by atoms with Gasteiger partial charge in [-0.25, -0.2) is 4.79 Å². The third-order valence-electron chi connectivity index (χ3n) is 11.2. The fraction of sp³-hybridized carbons (Fsp3) is 0.356. The van der Waals surface area contributed by atoms with Crippen molar-refractivity contribution in [1.29, 1.82) is 0 Å². The molecule has 2 aliphatic rings. The normalized spacial score (nSPS) is 22.9. The van der Waals surface area contributed by atoms with Gasteiger partial charge in [0.2, 0.25) is 53.2 Å². The minimum Gasteiger partial charge on any atom is -0.502 e. The number of aliphatic carboxylic acids is 1. The van der Waals surface area contributed by atoms with E-state index in [2.05, 4.69) is 42.5 Å². The van der Waals surface area contributed by atoms with E-state index in [1.165, 1.54) is 6.07 Å². The molecular weight excluding hydrogens is 1030 g/mol. The van der Waals surface area contributed by atoms with Gasteiger partial charge < -0.3 is 74.2 Å². The van der Waals surface area contributed by atoms with Crippen molar-refractivity contribution >= 4 is 98.1 Å². The molecule has 0 bridgehead atoms. The van der Waals surface area contributed by atoms with E-state index in [0.29, 0.717) is 0 Å². The van der Waals surface area contributed by atoms with Crippen molar-refractivity contribution in [2.75, 3.05) is 36.5 Å². The number of urea groups is 1. The molecule has 3 aromatic rings. The summed E-state index contributed by atoms with van der Waals surface area (Å²) in [7, 11) is 1.69. The summed E-state index contributed by atoms with van der Waals surface area (Å²) in [6.45, 7) is -2.33. The van der Waals surface area contributed by atoms with E-state index in [1.54, 1.807) is 24.3 Å². The molecule has 30 heteroatoms. The zero-order valence-corrected chi connectivity index (χ0v) is 41.0. The standard InChI is InChI=1S/C45H52N12O16S2/c46-35(60)15-28-42(68)54-30(39(47)65)20-74-75-21-31(55-45(71)50-25-9-7-24(8-10-25)23-4-2-1-3-5-23)43(69)52-29(16-38(63)64)41(67)48-17-36(61)51-27(12-22-6-11-34(59)32(13-22)57(72)73)40(66)49-18-37(62)56-19-26(58)14-33(56)44(70)53-28/h1-11,13,26-31,33,58-59H,12,14-21H2,(H2,46,60)(H2,47,65)(H,48,67)(H,49,66)(H,51,61)(H,52,69)(H,53,70)(H,54,68)(H,63,64)(H2,50,55,71)/t26-,27+,28+,29-,30-,31-,33+/m1/s1. The first-order valence-corrected chi connectivity index (χ1v) is 25.0. The number of nitro benzene ring substituents is 1. The second-order valence-corrected chi connectivity index (χ2v) is 19.4. The van der Waals surface area contributed by atoms with Gasteiger partial charge in [0.1, 0.15) is 36.3 Å². The predicted molar refractivity (Wildman–Crippen MR) is 266 cm³/mol. The molecule has 2 aliphatic heterocycles. The molecular formula is C45H52N12O16S2. The number of aromatic hydroxyl groups is 1. The number of nitrogens with zero attached hydrogens (tertiary/aromatic N) is 2. The Kier molecular flexibility index (Phi) is 20.6. The summed E-state index contributed by atoms with van der Waals surface area (Å²) in [5.41, 5.74) is 12.2. The Morgan fingerprint density at radius 3 is 2.03 bits per heavy atom. The van der Waals surface area contributed by atoms with Crippen LogP contribution in [-0.4, -0.2) is 164 Å². The molecule has 0 saturated carbocycles. The van der Waals surface area contributed by atoms with Crippen LogP contribution in [0.5, 0.6) is 5.75 Å². The number of nitrogens with one attached hydrogen (secondary N) is 8. The molecule has 0 radical (unpaired) electrons. The molecule has 3 aromatic carbocycles. The Labute approximate surface area is 433 Å². The summed E-state index contributed by atoms with van der Waals surface area (Å²) < 4.78 is 0. The number of nitro groups is 1. The van der Waals surface area contributed by atoms with E-state index in [4.69, 9.17) is 11.5 Å². The molecule has 75 heavy (non-hydrogen) atoms. The van der Waals surface area contributed by atoms with Crippen molar-refractivity contribution < 1.29 is 73.0 Å². The second-order valence-electron chi connectivity index (χ2n) is 16.8. The van der Waals surface area contributed by atoms with Crippen LogP contribution in [0.15, 0.2) is 72.8 Å². The zero-order valence-electron chi connectivity index (χ0n) is 39.3. The molecule has 11 amide bonds. The number of anilines is 1.